The number of benzene rings is 2. The Morgan fingerprint density at radius 1 is 1.04 bits per heavy atom. The molecule has 1 fully saturated rings. The van der Waals surface area contributed by atoms with E-state index in [1.807, 2.05) is 13.0 Å². The lowest BCUT2D eigenvalue weighted by atomic mass is 10.2. The van der Waals surface area contributed by atoms with E-state index in [0.717, 1.165) is 31.2 Å². The summed E-state index contributed by atoms with van der Waals surface area (Å²) in [7, 11) is -3.90. The minimum absolute atomic E-state index is 0.113. The second-order valence-electron chi connectivity index (χ2n) is 7.10. The van der Waals surface area contributed by atoms with Crippen molar-refractivity contribution >= 4 is 33.2 Å². The predicted octanol–water partition coefficient (Wildman–Crippen LogP) is 4.25. The van der Waals surface area contributed by atoms with Crippen molar-refractivity contribution in [2.75, 3.05) is 23.9 Å². The third-order valence-electron chi connectivity index (χ3n) is 4.93. The summed E-state index contributed by atoms with van der Waals surface area (Å²) < 4.78 is 27.9. The number of hydrogen-bond acceptors (Lipinski definition) is 3. The van der Waals surface area contributed by atoms with Gasteiger partial charge < -0.3 is 4.90 Å². The maximum atomic E-state index is 13.4. The quantitative estimate of drug-likeness (QED) is 0.726. The topological polar surface area (TPSA) is 57.7 Å². The van der Waals surface area contributed by atoms with Crippen molar-refractivity contribution in [3.63, 3.8) is 0 Å². The molecule has 28 heavy (non-hydrogen) atoms. The lowest BCUT2D eigenvalue weighted by molar-refractivity contribution is -0.129. The molecule has 0 aliphatic carbocycles. The molecular weight excluding hydrogens is 396 g/mol. The maximum Gasteiger partial charge on any atom is 0.264 e. The predicted molar refractivity (Wildman–Crippen MR) is 112 cm³/mol. The fourth-order valence-electron chi connectivity index (χ4n) is 3.37. The Morgan fingerprint density at radius 2 is 1.68 bits per heavy atom. The molecule has 0 N–H and O–H groups in total. The molecular formula is C21H25ClN2O3S. The first kappa shape index (κ1) is 20.7. The van der Waals surface area contributed by atoms with Gasteiger partial charge in [-0.1, -0.05) is 36.6 Å². The van der Waals surface area contributed by atoms with Crippen LogP contribution < -0.4 is 4.31 Å². The minimum Gasteiger partial charge on any atom is -0.341 e. The molecule has 0 aromatic heterocycles. The van der Waals surface area contributed by atoms with Gasteiger partial charge in [0.05, 0.1) is 10.6 Å². The zero-order valence-corrected chi connectivity index (χ0v) is 17.5. The molecule has 0 bridgehead atoms. The van der Waals surface area contributed by atoms with Gasteiger partial charge in [0.15, 0.2) is 0 Å². The molecule has 2 aromatic carbocycles. The first-order chi connectivity index (χ1) is 13.4. The second kappa shape index (κ2) is 8.97. The number of sulfonamides is 1. The van der Waals surface area contributed by atoms with Crippen molar-refractivity contribution in [3.05, 3.63) is 59.1 Å². The lowest BCUT2D eigenvalue weighted by Crippen LogP contribution is -2.43. The molecule has 0 saturated carbocycles. The van der Waals surface area contributed by atoms with E-state index in [1.165, 1.54) is 16.4 Å². The summed E-state index contributed by atoms with van der Waals surface area (Å²) in [6, 6.07) is 13.2. The van der Waals surface area contributed by atoms with Crippen LogP contribution in [0.15, 0.2) is 53.4 Å². The van der Waals surface area contributed by atoms with E-state index in [2.05, 4.69) is 0 Å². The zero-order chi connectivity index (χ0) is 20.1. The van der Waals surface area contributed by atoms with Gasteiger partial charge in [-0.25, -0.2) is 8.42 Å². The molecule has 2 aromatic rings. The minimum atomic E-state index is -3.90. The Morgan fingerprint density at radius 3 is 2.29 bits per heavy atom. The summed E-state index contributed by atoms with van der Waals surface area (Å²) >= 11 is 5.91. The van der Waals surface area contributed by atoms with Crippen LogP contribution in [0.1, 0.15) is 31.2 Å². The molecule has 1 saturated heterocycles. The van der Waals surface area contributed by atoms with E-state index in [-0.39, 0.29) is 17.3 Å². The van der Waals surface area contributed by atoms with Gasteiger partial charge in [-0.15, -0.1) is 0 Å². The zero-order valence-electron chi connectivity index (χ0n) is 16.0. The molecule has 1 heterocycles. The normalized spacial score (nSPS) is 15.1. The number of anilines is 1. The van der Waals surface area contributed by atoms with Crippen LogP contribution in [0.2, 0.25) is 5.02 Å². The van der Waals surface area contributed by atoms with E-state index in [0.29, 0.717) is 23.8 Å². The number of hydrogen-bond donors (Lipinski definition) is 0. The molecule has 150 valence electrons. The molecule has 1 aliphatic rings. The Hall–Kier alpha value is -2.05. The van der Waals surface area contributed by atoms with Crippen molar-refractivity contribution < 1.29 is 13.2 Å². The first-order valence-corrected chi connectivity index (χ1v) is 11.3. The monoisotopic (exact) mass is 420 g/mol. The Kier molecular flexibility index (Phi) is 6.62. The van der Waals surface area contributed by atoms with Crippen LogP contribution in [-0.2, 0) is 14.8 Å². The van der Waals surface area contributed by atoms with E-state index in [1.54, 1.807) is 35.2 Å². The maximum absolute atomic E-state index is 13.4. The van der Waals surface area contributed by atoms with Crippen molar-refractivity contribution in [3.8, 4) is 0 Å². The largest absolute Gasteiger partial charge is 0.341 e. The van der Waals surface area contributed by atoms with Crippen molar-refractivity contribution in [1.82, 2.24) is 4.90 Å². The second-order valence-corrected chi connectivity index (χ2v) is 9.40. The van der Waals surface area contributed by atoms with Crippen LogP contribution in [0, 0.1) is 6.92 Å². The summed E-state index contributed by atoms with van der Waals surface area (Å²) in [5.41, 5.74) is 1.41. The van der Waals surface area contributed by atoms with Crippen LogP contribution in [0.4, 0.5) is 5.69 Å². The van der Waals surface area contributed by atoms with Gasteiger partial charge in [-0.2, -0.15) is 0 Å². The average molecular weight is 421 g/mol. The Balaban J connectivity index is 1.95. The third-order valence-corrected chi connectivity index (χ3v) is 6.97. The summed E-state index contributed by atoms with van der Waals surface area (Å²) in [5, 5.41) is 0.460. The molecule has 1 amide bonds. The number of halogens is 1. The molecule has 0 unspecified atom stereocenters. The number of aryl methyl sites for hydroxylation is 1. The Bertz CT molecular complexity index is 921. The Labute approximate surface area is 172 Å². The van der Waals surface area contributed by atoms with Crippen molar-refractivity contribution in [2.24, 2.45) is 0 Å². The number of amides is 1. The summed E-state index contributed by atoms with van der Waals surface area (Å²) in [6.45, 7) is 3.05. The number of carbonyl (C=O) groups excluding carboxylic acids is 1. The fourth-order valence-corrected chi connectivity index (χ4v) is 4.91. The van der Waals surface area contributed by atoms with Crippen LogP contribution >= 0.6 is 11.6 Å². The highest BCUT2D eigenvalue weighted by atomic mass is 35.5. The summed E-state index contributed by atoms with van der Waals surface area (Å²) in [6.07, 6.45) is 4.13. The fraction of sp³-hybridized carbons (Fsp3) is 0.381. The molecule has 0 spiro atoms. The van der Waals surface area contributed by atoms with Crippen LogP contribution in [-0.4, -0.2) is 38.9 Å². The van der Waals surface area contributed by atoms with E-state index in [9.17, 15) is 13.2 Å². The number of carbonyl (C=O) groups is 1. The van der Waals surface area contributed by atoms with E-state index >= 15 is 0 Å². The molecule has 1 aliphatic heterocycles. The first-order valence-electron chi connectivity index (χ1n) is 9.51. The number of rotatable bonds is 5. The molecule has 0 atom stereocenters. The van der Waals surface area contributed by atoms with Gasteiger partial charge in [0, 0.05) is 18.1 Å². The van der Waals surface area contributed by atoms with E-state index < -0.39 is 10.0 Å². The van der Waals surface area contributed by atoms with Crippen molar-refractivity contribution in [1.29, 1.82) is 0 Å². The highest BCUT2D eigenvalue weighted by Crippen LogP contribution is 2.26. The lowest BCUT2D eigenvalue weighted by Gasteiger charge is -2.28. The average Bonchev–Trinajstić information content (AvgIpc) is 2.95. The smallest absolute Gasteiger partial charge is 0.264 e. The van der Waals surface area contributed by atoms with Gasteiger partial charge in [-0.05, 0) is 61.7 Å². The molecule has 5 nitrogen and oxygen atoms in total. The van der Waals surface area contributed by atoms with Gasteiger partial charge in [-0.3, -0.25) is 9.10 Å². The molecule has 3 rings (SSSR count). The van der Waals surface area contributed by atoms with Gasteiger partial charge >= 0.3 is 0 Å². The van der Waals surface area contributed by atoms with Crippen LogP contribution in [0.3, 0.4) is 0 Å². The summed E-state index contributed by atoms with van der Waals surface area (Å²) in [4.78, 5) is 14.8. The highest BCUT2D eigenvalue weighted by molar-refractivity contribution is 7.92. The SMILES string of the molecule is Cc1cccc(N(CC(=O)N2CCCCCC2)S(=O)(=O)c2ccc(Cl)cc2)c1. The standard InChI is InChI=1S/C21H25ClN2O3S/c1-17-7-6-8-19(15-17)24(16-21(25)23-13-4-2-3-5-14-23)28(26,27)20-11-9-18(22)10-12-20/h6-12,15H,2-5,13-14,16H2,1H3. The molecule has 7 heteroatoms. The van der Waals surface area contributed by atoms with Crippen LogP contribution in [0.5, 0.6) is 0 Å². The molecule has 0 radical (unpaired) electrons. The van der Waals surface area contributed by atoms with Gasteiger partial charge in [0.1, 0.15) is 6.54 Å². The van der Waals surface area contributed by atoms with Gasteiger partial charge in [0.2, 0.25) is 5.91 Å². The van der Waals surface area contributed by atoms with Crippen molar-refractivity contribution in [2.45, 2.75) is 37.5 Å². The third kappa shape index (κ3) is 4.86. The summed E-state index contributed by atoms with van der Waals surface area (Å²) in [5.74, 6) is -0.166. The van der Waals surface area contributed by atoms with Crippen LogP contribution in [0.25, 0.3) is 0 Å². The van der Waals surface area contributed by atoms with E-state index in [4.69, 9.17) is 11.6 Å². The highest BCUT2D eigenvalue weighted by Gasteiger charge is 2.29. The van der Waals surface area contributed by atoms with Gasteiger partial charge in [0.25, 0.3) is 10.0 Å². The number of nitrogens with zero attached hydrogens (tertiary/aromatic N) is 2. The number of likely N-dealkylation sites (tertiary alicyclic amines) is 1.